The second-order valence-corrected chi connectivity index (χ2v) is 6.78. The zero-order chi connectivity index (χ0) is 11.6. The van der Waals surface area contributed by atoms with E-state index < -0.39 is 10.0 Å². The molecular weight excluding hydrogens is 246 g/mol. The Morgan fingerprint density at radius 2 is 2.44 bits per heavy atom. The minimum Gasteiger partial charge on any atom is -0.377 e. The van der Waals surface area contributed by atoms with Crippen LogP contribution in [0.5, 0.6) is 0 Å². The standard InChI is InChI=1S/C10H15NO3S2/c1-8(9-4-2-6-14-9)11-16(12,13)10-5-3-7-15-10/h3,5,7-9,11H,2,4,6H2,1H3. The number of rotatable bonds is 4. The van der Waals surface area contributed by atoms with E-state index in [4.69, 9.17) is 4.74 Å². The van der Waals surface area contributed by atoms with E-state index in [1.807, 2.05) is 6.92 Å². The van der Waals surface area contributed by atoms with Crippen molar-refractivity contribution in [3.05, 3.63) is 17.5 Å². The lowest BCUT2D eigenvalue weighted by atomic mass is 10.1. The molecule has 1 aromatic rings. The summed E-state index contributed by atoms with van der Waals surface area (Å²) in [5.41, 5.74) is 0. The van der Waals surface area contributed by atoms with E-state index in [2.05, 4.69) is 4.72 Å². The largest absolute Gasteiger partial charge is 0.377 e. The average Bonchev–Trinajstić information content (AvgIpc) is 2.91. The first-order chi connectivity index (χ1) is 7.59. The van der Waals surface area contributed by atoms with Crippen molar-refractivity contribution in [3.8, 4) is 0 Å². The molecule has 90 valence electrons. The third-order valence-corrected chi connectivity index (χ3v) is 5.58. The van der Waals surface area contributed by atoms with Gasteiger partial charge in [0.05, 0.1) is 6.10 Å². The summed E-state index contributed by atoms with van der Waals surface area (Å²) in [6, 6.07) is 3.17. The highest BCUT2D eigenvalue weighted by Crippen LogP contribution is 2.19. The fourth-order valence-electron chi connectivity index (χ4n) is 1.79. The number of sulfonamides is 1. The van der Waals surface area contributed by atoms with Crippen LogP contribution in [-0.2, 0) is 14.8 Å². The zero-order valence-electron chi connectivity index (χ0n) is 9.05. The number of hydrogen-bond donors (Lipinski definition) is 1. The van der Waals surface area contributed by atoms with Crippen LogP contribution in [0.15, 0.2) is 21.7 Å². The van der Waals surface area contributed by atoms with Crippen LogP contribution < -0.4 is 4.72 Å². The molecule has 1 aliphatic rings. The monoisotopic (exact) mass is 261 g/mol. The normalized spacial score (nSPS) is 23.4. The summed E-state index contributed by atoms with van der Waals surface area (Å²) in [4.78, 5) is 0. The van der Waals surface area contributed by atoms with Gasteiger partial charge < -0.3 is 4.74 Å². The molecule has 16 heavy (non-hydrogen) atoms. The average molecular weight is 261 g/mol. The van der Waals surface area contributed by atoms with Crippen molar-refractivity contribution in [1.82, 2.24) is 4.72 Å². The molecule has 0 saturated carbocycles. The first kappa shape index (κ1) is 12.0. The SMILES string of the molecule is CC(NS(=O)(=O)c1cccs1)C1CCCO1. The molecule has 1 aromatic heterocycles. The third kappa shape index (κ3) is 2.63. The van der Waals surface area contributed by atoms with Crippen LogP contribution in [0.25, 0.3) is 0 Å². The number of thiophene rings is 1. The maximum atomic E-state index is 11.9. The molecular formula is C10H15NO3S2. The van der Waals surface area contributed by atoms with E-state index in [-0.39, 0.29) is 12.1 Å². The summed E-state index contributed by atoms with van der Waals surface area (Å²) in [5.74, 6) is 0. The van der Waals surface area contributed by atoms with Gasteiger partial charge in [0.25, 0.3) is 0 Å². The highest BCUT2D eigenvalue weighted by molar-refractivity contribution is 7.91. The zero-order valence-corrected chi connectivity index (χ0v) is 10.7. The van der Waals surface area contributed by atoms with Crippen molar-refractivity contribution < 1.29 is 13.2 Å². The molecule has 0 spiro atoms. The van der Waals surface area contributed by atoms with Crippen molar-refractivity contribution in [1.29, 1.82) is 0 Å². The topological polar surface area (TPSA) is 55.4 Å². The molecule has 0 aromatic carbocycles. The lowest BCUT2D eigenvalue weighted by molar-refractivity contribution is 0.0902. The molecule has 2 unspecified atom stereocenters. The lowest BCUT2D eigenvalue weighted by Crippen LogP contribution is -2.40. The van der Waals surface area contributed by atoms with Crippen molar-refractivity contribution in [2.24, 2.45) is 0 Å². The van der Waals surface area contributed by atoms with E-state index in [9.17, 15) is 8.42 Å². The van der Waals surface area contributed by atoms with Gasteiger partial charge in [0.2, 0.25) is 10.0 Å². The van der Waals surface area contributed by atoms with Crippen molar-refractivity contribution in [2.45, 2.75) is 36.1 Å². The second kappa shape index (κ2) is 4.83. The first-order valence-electron chi connectivity index (χ1n) is 5.27. The van der Waals surface area contributed by atoms with E-state index in [0.717, 1.165) is 19.4 Å². The highest BCUT2D eigenvalue weighted by Gasteiger charge is 2.27. The molecule has 1 N–H and O–H groups in total. The van der Waals surface area contributed by atoms with Crippen LogP contribution in [0.3, 0.4) is 0 Å². The molecule has 1 fully saturated rings. The van der Waals surface area contributed by atoms with Gasteiger partial charge in [-0.1, -0.05) is 6.07 Å². The fourth-order valence-corrected chi connectivity index (χ4v) is 4.07. The minimum atomic E-state index is -3.37. The molecule has 2 atom stereocenters. The lowest BCUT2D eigenvalue weighted by Gasteiger charge is -2.19. The molecule has 0 amide bonds. The Labute approximate surface area is 99.7 Å². The molecule has 1 saturated heterocycles. The van der Waals surface area contributed by atoms with Gasteiger partial charge in [-0.05, 0) is 31.2 Å². The Kier molecular flexibility index (Phi) is 3.63. The van der Waals surface area contributed by atoms with Crippen LogP contribution in [0.1, 0.15) is 19.8 Å². The van der Waals surface area contributed by atoms with Gasteiger partial charge >= 0.3 is 0 Å². The summed E-state index contributed by atoms with van der Waals surface area (Å²) in [7, 11) is -3.37. The van der Waals surface area contributed by atoms with Crippen molar-refractivity contribution in [3.63, 3.8) is 0 Å². The Morgan fingerprint density at radius 1 is 1.62 bits per heavy atom. The maximum absolute atomic E-state index is 11.9. The number of nitrogens with one attached hydrogen (secondary N) is 1. The smallest absolute Gasteiger partial charge is 0.250 e. The molecule has 4 nitrogen and oxygen atoms in total. The Balaban J connectivity index is 2.03. The summed E-state index contributed by atoms with van der Waals surface area (Å²) in [6.45, 7) is 2.58. The van der Waals surface area contributed by atoms with E-state index in [0.29, 0.717) is 4.21 Å². The van der Waals surface area contributed by atoms with Crippen LogP contribution in [0, 0.1) is 0 Å². The van der Waals surface area contributed by atoms with Gasteiger partial charge in [-0.15, -0.1) is 11.3 Å². The van der Waals surface area contributed by atoms with Crippen LogP contribution in [0.4, 0.5) is 0 Å². The van der Waals surface area contributed by atoms with Gasteiger partial charge in [-0.3, -0.25) is 0 Å². The van der Waals surface area contributed by atoms with Gasteiger partial charge in [0.1, 0.15) is 4.21 Å². The second-order valence-electron chi connectivity index (χ2n) is 3.89. The maximum Gasteiger partial charge on any atom is 0.250 e. The van der Waals surface area contributed by atoms with Gasteiger partial charge in [0.15, 0.2) is 0 Å². The molecule has 6 heteroatoms. The first-order valence-corrected chi connectivity index (χ1v) is 7.63. The van der Waals surface area contributed by atoms with Crippen LogP contribution in [-0.4, -0.2) is 27.2 Å². The quantitative estimate of drug-likeness (QED) is 0.895. The summed E-state index contributed by atoms with van der Waals surface area (Å²) >= 11 is 1.22. The van der Waals surface area contributed by atoms with E-state index in [1.165, 1.54) is 11.3 Å². The molecule has 0 bridgehead atoms. The third-order valence-electron chi connectivity index (χ3n) is 2.62. The predicted octanol–water partition coefficient (Wildman–Crippen LogP) is 1.59. The molecule has 2 heterocycles. The number of ether oxygens (including phenoxy) is 1. The van der Waals surface area contributed by atoms with Gasteiger partial charge in [-0.2, -0.15) is 0 Å². The van der Waals surface area contributed by atoms with E-state index >= 15 is 0 Å². The van der Waals surface area contributed by atoms with Crippen molar-refractivity contribution in [2.75, 3.05) is 6.61 Å². The summed E-state index contributed by atoms with van der Waals surface area (Å²) in [6.07, 6.45) is 1.94. The Morgan fingerprint density at radius 3 is 3.00 bits per heavy atom. The molecule has 0 aliphatic carbocycles. The minimum absolute atomic E-state index is 0.00902. The Hall–Kier alpha value is -0.430. The van der Waals surface area contributed by atoms with Crippen LogP contribution in [0.2, 0.25) is 0 Å². The molecule has 0 radical (unpaired) electrons. The molecule has 2 rings (SSSR count). The highest BCUT2D eigenvalue weighted by atomic mass is 32.2. The molecule has 1 aliphatic heterocycles. The van der Waals surface area contributed by atoms with E-state index in [1.54, 1.807) is 17.5 Å². The predicted molar refractivity (Wildman–Crippen MR) is 63.1 cm³/mol. The summed E-state index contributed by atoms with van der Waals surface area (Å²) < 4.78 is 32.3. The van der Waals surface area contributed by atoms with Crippen LogP contribution >= 0.6 is 11.3 Å². The van der Waals surface area contributed by atoms with Gasteiger partial charge in [-0.25, -0.2) is 13.1 Å². The Bertz CT molecular complexity index is 421. The van der Waals surface area contributed by atoms with Crippen molar-refractivity contribution >= 4 is 21.4 Å². The fraction of sp³-hybridized carbons (Fsp3) is 0.600. The number of hydrogen-bond acceptors (Lipinski definition) is 4. The summed E-state index contributed by atoms with van der Waals surface area (Å²) in [5, 5.41) is 1.76. The van der Waals surface area contributed by atoms with Gasteiger partial charge in [0, 0.05) is 12.6 Å².